The minimum absolute atomic E-state index is 0.0390. The van der Waals surface area contributed by atoms with Crippen molar-refractivity contribution < 1.29 is 22.7 Å². The number of halogens is 5. The van der Waals surface area contributed by atoms with E-state index < -0.39 is 6.61 Å². The Balaban J connectivity index is 1.49. The third-order valence-electron chi connectivity index (χ3n) is 4.27. The Kier molecular flexibility index (Phi) is 6.79. The molecule has 4 rings (SSSR count). The molecule has 0 aliphatic rings. The Hall–Kier alpha value is -2.87. The number of hydrogen-bond acceptors (Lipinski definition) is 5. The fourth-order valence-corrected chi connectivity index (χ4v) is 3.78. The maximum Gasteiger partial charge on any atom is 0.387 e. The lowest BCUT2D eigenvalue weighted by Crippen LogP contribution is -2.01. The molecule has 0 aliphatic carbocycles. The molecule has 0 aliphatic heterocycles. The van der Waals surface area contributed by atoms with Crippen LogP contribution in [0.15, 0.2) is 65.1 Å². The molecule has 10 heteroatoms. The molecular weight excluding hydrogens is 485 g/mol. The zero-order valence-corrected chi connectivity index (χ0v) is 18.3. The van der Waals surface area contributed by atoms with Crippen molar-refractivity contribution in [1.82, 2.24) is 10.2 Å². The monoisotopic (exact) mass is 496 g/mol. The standard InChI is InChI=1S/C22H13Cl3F2N2O3/c23-15-9-17(24)19(18(25)10-15)30-11-12-2-1-3-14(8-12)21-29-28-20(32-21)13-4-6-16(7-5-13)31-22(26)27/h1-10,22H,11H2. The highest BCUT2D eigenvalue weighted by molar-refractivity contribution is 6.40. The summed E-state index contributed by atoms with van der Waals surface area (Å²) in [5.41, 5.74) is 2.06. The highest BCUT2D eigenvalue weighted by Gasteiger charge is 2.13. The number of nitrogens with zero attached hydrogens (tertiary/aromatic N) is 2. The van der Waals surface area contributed by atoms with Crippen LogP contribution in [-0.2, 0) is 6.61 Å². The van der Waals surface area contributed by atoms with Crippen LogP contribution in [0.2, 0.25) is 15.1 Å². The number of benzene rings is 3. The van der Waals surface area contributed by atoms with E-state index in [2.05, 4.69) is 14.9 Å². The topological polar surface area (TPSA) is 57.4 Å². The lowest BCUT2D eigenvalue weighted by atomic mass is 10.1. The van der Waals surface area contributed by atoms with E-state index in [4.69, 9.17) is 44.0 Å². The lowest BCUT2D eigenvalue weighted by molar-refractivity contribution is -0.0498. The second-order valence-electron chi connectivity index (χ2n) is 6.50. The van der Waals surface area contributed by atoms with Crippen molar-refractivity contribution in [2.75, 3.05) is 0 Å². The van der Waals surface area contributed by atoms with E-state index in [1.807, 2.05) is 24.3 Å². The number of hydrogen-bond donors (Lipinski definition) is 0. The van der Waals surface area contributed by atoms with Crippen LogP contribution in [0.3, 0.4) is 0 Å². The lowest BCUT2D eigenvalue weighted by Gasteiger charge is -2.11. The SMILES string of the molecule is FC(F)Oc1ccc(-c2nnc(-c3cccc(COc4c(Cl)cc(Cl)cc4Cl)c3)o2)cc1. The van der Waals surface area contributed by atoms with Crippen molar-refractivity contribution >= 4 is 34.8 Å². The highest BCUT2D eigenvalue weighted by atomic mass is 35.5. The summed E-state index contributed by atoms with van der Waals surface area (Å²) in [6.07, 6.45) is 0. The first-order chi connectivity index (χ1) is 15.4. The van der Waals surface area contributed by atoms with Crippen molar-refractivity contribution in [3.05, 3.63) is 81.3 Å². The van der Waals surface area contributed by atoms with Gasteiger partial charge in [-0.1, -0.05) is 46.9 Å². The molecule has 32 heavy (non-hydrogen) atoms. The second kappa shape index (κ2) is 9.73. The summed E-state index contributed by atoms with van der Waals surface area (Å²) >= 11 is 18.2. The Morgan fingerprint density at radius 2 is 1.50 bits per heavy atom. The molecular formula is C22H13Cl3F2N2O3. The van der Waals surface area contributed by atoms with Crippen LogP contribution < -0.4 is 9.47 Å². The van der Waals surface area contributed by atoms with Gasteiger partial charge < -0.3 is 13.9 Å². The number of ether oxygens (including phenoxy) is 2. The highest BCUT2D eigenvalue weighted by Crippen LogP contribution is 2.36. The second-order valence-corrected chi connectivity index (χ2v) is 7.75. The normalized spacial score (nSPS) is 11.1. The molecule has 1 aromatic heterocycles. The van der Waals surface area contributed by atoms with Gasteiger partial charge in [0.05, 0.1) is 10.0 Å². The molecule has 0 amide bonds. The number of rotatable bonds is 7. The molecule has 0 unspecified atom stereocenters. The maximum absolute atomic E-state index is 12.3. The molecule has 0 spiro atoms. The Morgan fingerprint density at radius 3 is 2.16 bits per heavy atom. The third-order valence-corrected chi connectivity index (χ3v) is 5.05. The molecule has 0 bridgehead atoms. The smallest absolute Gasteiger partial charge is 0.387 e. The quantitative estimate of drug-likeness (QED) is 0.264. The van der Waals surface area contributed by atoms with Crippen LogP contribution in [0, 0.1) is 0 Å². The molecule has 0 N–H and O–H groups in total. The zero-order valence-electron chi connectivity index (χ0n) is 16.1. The van der Waals surface area contributed by atoms with Crippen LogP contribution in [-0.4, -0.2) is 16.8 Å². The summed E-state index contributed by atoms with van der Waals surface area (Å²) < 4.78 is 40.4. The van der Waals surface area contributed by atoms with Gasteiger partial charge in [0, 0.05) is 16.1 Å². The Morgan fingerprint density at radius 1 is 0.844 bits per heavy atom. The summed E-state index contributed by atoms with van der Waals surface area (Å²) in [6.45, 7) is -2.69. The summed E-state index contributed by atoms with van der Waals surface area (Å²) in [7, 11) is 0. The van der Waals surface area contributed by atoms with Gasteiger partial charge >= 0.3 is 6.61 Å². The molecule has 164 valence electrons. The van der Waals surface area contributed by atoms with Crippen LogP contribution in [0.1, 0.15) is 5.56 Å². The van der Waals surface area contributed by atoms with E-state index in [9.17, 15) is 8.78 Å². The van der Waals surface area contributed by atoms with Gasteiger partial charge in [0.2, 0.25) is 11.8 Å². The number of alkyl halides is 2. The average Bonchev–Trinajstić information content (AvgIpc) is 3.24. The Labute approximate surface area is 196 Å². The zero-order chi connectivity index (χ0) is 22.7. The van der Waals surface area contributed by atoms with Crippen LogP contribution in [0.25, 0.3) is 22.9 Å². The molecule has 0 radical (unpaired) electrons. The summed E-state index contributed by atoms with van der Waals surface area (Å²) in [5.74, 6) is 0.904. The van der Waals surface area contributed by atoms with Crippen molar-refractivity contribution in [3.63, 3.8) is 0 Å². The van der Waals surface area contributed by atoms with Gasteiger partial charge in [-0.05, 0) is 54.1 Å². The molecule has 0 atom stereocenters. The van der Waals surface area contributed by atoms with E-state index in [-0.39, 0.29) is 24.1 Å². The van der Waals surface area contributed by atoms with E-state index in [1.165, 1.54) is 12.1 Å². The molecule has 3 aromatic carbocycles. The van der Waals surface area contributed by atoms with Gasteiger partial charge in [-0.25, -0.2) is 0 Å². The van der Waals surface area contributed by atoms with E-state index in [0.29, 0.717) is 31.9 Å². The van der Waals surface area contributed by atoms with Crippen molar-refractivity contribution in [2.45, 2.75) is 13.2 Å². The molecule has 5 nitrogen and oxygen atoms in total. The van der Waals surface area contributed by atoms with Gasteiger partial charge in [0.1, 0.15) is 12.4 Å². The first-order valence-corrected chi connectivity index (χ1v) is 10.3. The van der Waals surface area contributed by atoms with Gasteiger partial charge in [-0.15, -0.1) is 10.2 Å². The predicted molar refractivity (Wildman–Crippen MR) is 118 cm³/mol. The molecule has 0 saturated heterocycles. The van der Waals surface area contributed by atoms with E-state index in [1.54, 1.807) is 24.3 Å². The fourth-order valence-electron chi connectivity index (χ4n) is 2.85. The van der Waals surface area contributed by atoms with Gasteiger partial charge in [-0.2, -0.15) is 8.78 Å². The van der Waals surface area contributed by atoms with Crippen molar-refractivity contribution in [1.29, 1.82) is 0 Å². The largest absolute Gasteiger partial charge is 0.486 e. The number of aromatic nitrogens is 2. The summed E-state index contributed by atoms with van der Waals surface area (Å²) in [5, 5.41) is 9.12. The predicted octanol–water partition coefficient (Wildman–Crippen LogP) is 7.54. The summed E-state index contributed by atoms with van der Waals surface area (Å²) in [6, 6.07) is 16.3. The van der Waals surface area contributed by atoms with Gasteiger partial charge in [0.15, 0.2) is 5.75 Å². The molecule has 1 heterocycles. The maximum atomic E-state index is 12.3. The third kappa shape index (κ3) is 5.30. The van der Waals surface area contributed by atoms with Crippen molar-refractivity contribution in [3.8, 4) is 34.4 Å². The van der Waals surface area contributed by atoms with Crippen LogP contribution >= 0.6 is 34.8 Å². The minimum atomic E-state index is -2.89. The fraction of sp³-hybridized carbons (Fsp3) is 0.0909. The van der Waals surface area contributed by atoms with Crippen molar-refractivity contribution in [2.24, 2.45) is 0 Å². The van der Waals surface area contributed by atoms with Gasteiger partial charge in [0.25, 0.3) is 0 Å². The van der Waals surface area contributed by atoms with Gasteiger partial charge in [-0.3, -0.25) is 0 Å². The minimum Gasteiger partial charge on any atom is -0.486 e. The first kappa shape index (κ1) is 22.3. The van der Waals surface area contributed by atoms with Crippen LogP contribution in [0.5, 0.6) is 11.5 Å². The van der Waals surface area contributed by atoms with Crippen LogP contribution in [0.4, 0.5) is 8.78 Å². The van der Waals surface area contributed by atoms with E-state index in [0.717, 1.165) is 5.56 Å². The first-order valence-electron chi connectivity index (χ1n) is 9.14. The molecule has 0 saturated carbocycles. The molecule has 0 fully saturated rings. The summed E-state index contributed by atoms with van der Waals surface area (Å²) in [4.78, 5) is 0. The molecule has 4 aromatic rings. The average molecular weight is 498 g/mol. The van der Waals surface area contributed by atoms with E-state index >= 15 is 0 Å². The Bertz CT molecular complexity index is 1210.